The number of rotatable bonds is 9. The minimum Gasteiger partial charge on any atom is -0.390 e. The quantitative estimate of drug-likeness (QED) is 0.452. The van der Waals surface area contributed by atoms with Crippen LogP contribution >= 0.6 is 0 Å². The average Bonchev–Trinajstić information content (AvgIpc) is 2.45. The molecule has 0 rings (SSSR count). The van der Waals surface area contributed by atoms with Crippen LogP contribution in [0.5, 0.6) is 0 Å². The number of nitrogens with zero attached hydrogens (tertiary/aromatic N) is 2. The van der Waals surface area contributed by atoms with Crippen molar-refractivity contribution in [3.8, 4) is 0 Å². The number of aliphatic hydroxyl groups is 1. The van der Waals surface area contributed by atoms with Crippen molar-refractivity contribution in [2.75, 3.05) is 33.9 Å². The molecule has 0 aliphatic carbocycles. The summed E-state index contributed by atoms with van der Waals surface area (Å²) >= 11 is 0. The number of carbonyl (C=O) groups excluding carboxylic acids is 2. The number of nitrogens with one attached hydrogen (secondary N) is 2. The van der Waals surface area contributed by atoms with Gasteiger partial charge in [0.15, 0.2) is 0 Å². The molecule has 0 fully saturated rings. The molecule has 25 heavy (non-hydrogen) atoms. The van der Waals surface area contributed by atoms with Gasteiger partial charge in [-0.25, -0.2) is 12.7 Å². The predicted octanol–water partition coefficient (Wildman–Crippen LogP) is -1.41. The number of hydrogen-bond acceptors (Lipinski definition) is 6. The van der Waals surface area contributed by atoms with Gasteiger partial charge in [-0.2, -0.15) is 0 Å². The number of carbonyl (C=O) groups is 2. The van der Waals surface area contributed by atoms with Crippen molar-refractivity contribution in [2.24, 2.45) is 0 Å². The van der Waals surface area contributed by atoms with Crippen LogP contribution in [0.2, 0.25) is 0 Å². The summed E-state index contributed by atoms with van der Waals surface area (Å²) in [4.78, 5) is 26.2. The summed E-state index contributed by atoms with van der Waals surface area (Å²) in [5, 5.41) is 15.3. The highest BCUT2D eigenvalue weighted by Crippen LogP contribution is 2.10. The molecule has 0 aliphatic rings. The third kappa shape index (κ3) is 7.27. The third-order valence-electron chi connectivity index (χ3n) is 4.37. The molecule has 3 atom stereocenters. The Balaban J connectivity index is 4.69. The molecule has 0 aromatic rings. The summed E-state index contributed by atoms with van der Waals surface area (Å²) in [7, 11) is 1.46. The highest BCUT2D eigenvalue weighted by Gasteiger charge is 2.32. The summed E-state index contributed by atoms with van der Waals surface area (Å²) < 4.78 is 23.7. The Morgan fingerprint density at radius 3 is 2.00 bits per heavy atom. The molecule has 0 aromatic carbocycles. The van der Waals surface area contributed by atoms with Gasteiger partial charge in [0.25, 0.3) is 0 Å². The van der Waals surface area contributed by atoms with E-state index in [0.717, 1.165) is 10.6 Å². The number of aliphatic hydroxyl groups excluding tert-OH is 1. The zero-order valence-corrected chi connectivity index (χ0v) is 17.1. The number of likely N-dealkylation sites (N-methyl/N-ethyl adjacent to an activating group) is 2. The van der Waals surface area contributed by atoms with Crippen molar-refractivity contribution >= 4 is 21.8 Å². The molecule has 0 saturated heterocycles. The first-order chi connectivity index (χ1) is 11.1. The van der Waals surface area contributed by atoms with Gasteiger partial charge >= 0.3 is 0 Å². The molecule has 0 saturated carbocycles. The van der Waals surface area contributed by atoms with Crippen molar-refractivity contribution in [3.05, 3.63) is 0 Å². The molecule has 3 N–H and O–H groups in total. The fraction of sp³-hybridized carbons (Fsp3) is 0.867. The van der Waals surface area contributed by atoms with E-state index in [1.165, 1.54) is 7.05 Å². The van der Waals surface area contributed by atoms with E-state index in [1.807, 2.05) is 0 Å². The SMILES string of the molecule is CC(NC(=O)C(C)(C)N(C)C)C(=O)N[C@@H](C)[C@H](O)CN(C)S(C)(=O)=O. The van der Waals surface area contributed by atoms with Crippen molar-refractivity contribution in [1.29, 1.82) is 0 Å². The lowest BCUT2D eigenvalue weighted by Crippen LogP contribution is -2.58. The van der Waals surface area contributed by atoms with Gasteiger partial charge in [-0.3, -0.25) is 14.5 Å². The lowest BCUT2D eigenvalue weighted by Gasteiger charge is -2.32. The predicted molar refractivity (Wildman–Crippen MR) is 96.5 cm³/mol. The van der Waals surface area contributed by atoms with Crippen LogP contribution < -0.4 is 10.6 Å². The van der Waals surface area contributed by atoms with Crippen molar-refractivity contribution in [3.63, 3.8) is 0 Å². The van der Waals surface area contributed by atoms with E-state index in [4.69, 9.17) is 0 Å². The summed E-state index contributed by atoms with van der Waals surface area (Å²) in [5.74, 6) is -0.762. The van der Waals surface area contributed by atoms with Gasteiger partial charge in [-0.15, -0.1) is 0 Å². The molecule has 0 heterocycles. The van der Waals surface area contributed by atoms with Crippen LogP contribution in [-0.2, 0) is 19.6 Å². The lowest BCUT2D eigenvalue weighted by molar-refractivity contribution is -0.134. The first-order valence-corrected chi connectivity index (χ1v) is 9.83. The van der Waals surface area contributed by atoms with Crippen LogP contribution in [0.3, 0.4) is 0 Å². The van der Waals surface area contributed by atoms with Crippen molar-refractivity contribution in [1.82, 2.24) is 19.8 Å². The van der Waals surface area contributed by atoms with E-state index < -0.39 is 39.7 Å². The maximum Gasteiger partial charge on any atom is 0.242 e. The summed E-state index contributed by atoms with van der Waals surface area (Å²) in [6.45, 7) is 6.44. The monoisotopic (exact) mass is 380 g/mol. The Morgan fingerprint density at radius 2 is 1.60 bits per heavy atom. The summed E-state index contributed by atoms with van der Waals surface area (Å²) in [5.41, 5.74) is -0.780. The van der Waals surface area contributed by atoms with Crippen LogP contribution in [0.15, 0.2) is 0 Å². The Hall–Kier alpha value is -1.23. The second-order valence-electron chi connectivity index (χ2n) is 7.06. The maximum absolute atomic E-state index is 12.2. The minimum absolute atomic E-state index is 0.144. The van der Waals surface area contributed by atoms with Crippen molar-refractivity contribution < 1.29 is 23.1 Å². The molecule has 0 bridgehead atoms. The van der Waals surface area contributed by atoms with E-state index in [2.05, 4.69) is 10.6 Å². The number of hydrogen-bond donors (Lipinski definition) is 3. The normalized spacial score (nSPS) is 16.4. The topological polar surface area (TPSA) is 119 Å². The second-order valence-corrected chi connectivity index (χ2v) is 9.15. The highest BCUT2D eigenvalue weighted by atomic mass is 32.2. The van der Waals surface area contributed by atoms with E-state index in [1.54, 1.807) is 46.7 Å². The van der Waals surface area contributed by atoms with Crippen LogP contribution in [0.25, 0.3) is 0 Å². The molecule has 9 nitrogen and oxygen atoms in total. The molecule has 2 amide bonds. The second kappa shape index (κ2) is 8.93. The van der Waals surface area contributed by atoms with E-state index in [0.29, 0.717) is 0 Å². The van der Waals surface area contributed by atoms with Crippen molar-refractivity contribution in [2.45, 2.75) is 51.4 Å². The minimum atomic E-state index is -3.42. The number of amides is 2. The van der Waals surface area contributed by atoms with E-state index >= 15 is 0 Å². The van der Waals surface area contributed by atoms with E-state index in [-0.39, 0.29) is 12.5 Å². The molecule has 148 valence electrons. The molecule has 0 aromatic heterocycles. The molecule has 0 aliphatic heterocycles. The van der Waals surface area contributed by atoms with Crippen LogP contribution in [0, 0.1) is 0 Å². The fourth-order valence-corrected chi connectivity index (χ4v) is 2.07. The molecular formula is C15H32N4O5S. The average molecular weight is 381 g/mol. The Kier molecular flexibility index (Phi) is 8.49. The van der Waals surface area contributed by atoms with Gasteiger partial charge in [0.05, 0.1) is 23.9 Å². The van der Waals surface area contributed by atoms with E-state index in [9.17, 15) is 23.1 Å². The summed E-state index contributed by atoms with van der Waals surface area (Å²) in [6.07, 6.45) is -0.0441. The highest BCUT2D eigenvalue weighted by molar-refractivity contribution is 7.88. The molecule has 0 spiro atoms. The van der Waals surface area contributed by atoms with Crippen LogP contribution in [-0.4, -0.2) is 92.2 Å². The smallest absolute Gasteiger partial charge is 0.242 e. The van der Waals surface area contributed by atoms with Gasteiger partial charge in [-0.1, -0.05) is 0 Å². The zero-order valence-electron chi connectivity index (χ0n) is 16.3. The third-order valence-corrected chi connectivity index (χ3v) is 5.65. The Morgan fingerprint density at radius 1 is 1.12 bits per heavy atom. The largest absolute Gasteiger partial charge is 0.390 e. The van der Waals surface area contributed by atoms with Gasteiger partial charge in [-0.05, 0) is 41.8 Å². The first-order valence-electron chi connectivity index (χ1n) is 7.98. The van der Waals surface area contributed by atoms with Gasteiger partial charge < -0.3 is 15.7 Å². The molecule has 1 unspecified atom stereocenters. The van der Waals surface area contributed by atoms with Gasteiger partial charge in [0.2, 0.25) is 21.8 Å². The number of sulfonamides is 1. The standard InChI is InChI=1S/C15H32N4O5S/c1-10(12(20)9-19(7)25(8,23)24)16-13(21)11(2)17-14(22)15(3,4)18(5)6/h10-12,20H,9H2,1-8H3,(H,16,21)(H,17,22)/t10-,11?,12+/m0/s1. The van der Waals surface area contributed by atoms with Gasteiger partial charge in [0.1, 0.15) is 6.04 Å². The Bertz CT molecular complexity index is 576. The van der Waals surface area contributed by atoms with Gasteiger partial charge in [0, 0.05) is 13.6 Å². The zero-order chi connectivity index (χ0) is 20.2. The summed E-state index contributed by atoms with van der Waals surface area (Å²) in [6, 6.07) is -1.48. The first kappa shape index (κ1) is 23.8. The molecular weight excluding hydrogens is 348 g/mol. The van der Waals surface area contributed by atoms with Crippen LogP contribution in [0.4, 0.5) is 0 Å². The maximum atomic E-state index is 12.2. The lowest BCUT2D eigenvalue weighted by atomic mass is 10.0. The molecule has 0 radical (unpaired) electrons. The van der Waals surface area contributed by atoms with Crippen LogP contribution in [0.1, 0.15) is 27.7 Å². The molecule has 10 heteroatoms. The Labute approximate surface area is 150 Å². The fourth-order valence-electron chi connectivity index (χ4n) is 1.64.